The van der Waals surface area contributed by atoms with Gasteiger partial charge in [-0.1, -0.05) is 200 Å². The zero-order valence-corrected chi connectivity index (χ0v) is 34.8. The highest BCUT2D eigenvalue weighted by Crippen LogP contribution is 2.56. The van der Waals surface area contributed by atoms with E-state index in [1.165, 1.54) is 72.6 Å². The van der Waals surface area contributed by atoms with E-state index in [1.54, 1.807) is 0 Å². The van der Waals surface area contributed by atoms with Crippen LogP contribution in [0.4, 0.5) is 28.4 Å². The first-order valence-electron chi connectivity index (χ1n) is 22.0. The third-order valence-electron chi connectivity index (χ3n) is 13.5. The molecule has 2 atom stereocenters. The first-order valence-corrected chi connectivity index (χ1v) is 22.0. The fourth-order valence-electron chi connectivity index (χ4n) is 10.7. The van der Waals surface area contributed by atoms with Crippen molar-refractivity contribution in [2.24, 2.45) is 0 Å². The van der Waals surface area contributed by atoms with E-state index in [0.717, 1.165) is 17.1 Å². The average Bonchev–Trinajstić information content (AvgIpc) is 3.86. The van der Waals surface area contributed by atoms with Gasteiger partial charge in [0, 0.05) is 34.4 Å². The van der Waals surface area contributed by atoms with Gasteiger partial charge in [-0.05, 0) is 116 Å². The highest BCUT2D eigenvalue weighted by molar-refractivity contribution is 5.87. The van der Waals surface area contributed by atoms with Gasteiger partial charge in [-0.2, -0.15) is 0 Å². The second-order valence-corrected chi connectivity index (χ2v) is 16.8. The molecule has 0 bridgehead atoms. The SMILES string of the molecule is C1=CC2c3ccccc3N(c3ccc(N(c4ccc(-c5ccc(-c6ccccc6)cc5)cc4)c4ccc(C5(c6ccccc6)c6ccccc6-c6ccccc65)cc4)cc3)C2C=C1. The summed E-state index contributed by atoms with van der Waals surface area (Å²) in [6.45, 7) is 0. The highest BCUT2D eigenvalue weighted by Gasteiger charge is 2.46. The van der Waals surface area contributed by atoms with Crippen LogP contribution in [0.1, 0.15) is 33.7 Å². The molecule has 2 unspecified atom stereocenters. The number of hydrogen-bond acceptors (Lipinski definition) is 2. The van der Waals surface area contributed by atoms with E-state index in [2.05, 4.69) is 265 Å². The van der Waals surface area contributed by atoms with Crippen molar-refractivity contribution < 1.29 is 0 Å². The molecule has 0 amide bonds. The Hall–Kier alpha value is -7.94. The maximum absolute atomic E-state index is 2.50. The Morgan fingerprint density at radius 2 is 0.810 bits per heavy atom. The molecular weight excluding hydrogens is 761 g/mol. The number of hydrogen-bond donors (Lipinski definition) is 0. The summed E-state index contributed by atoms with van der Waals surface area (Å²) in [7, 11) is 0. The maximum Gasteiger partial charge on any atom is 0.0713 e. The molecule has 0 N–H and O–H groups in total. The standard InChI is InChI=1S/C61H44N2/c1-3-15-43(16-4-1)44-27-29-45(30-28-44)46-31-35-49(36-32-46)62(51-39-41-52(42-40-51)63-59-25-13-9-21-55(59)56-22-10-14-26-60(56)63)50-37-33-48(34-38-50)61(47-17-5-2-6-18-47)57-23-11-7-19-53(57)54-20-8-12-24-58(54)61/h1-42,55,59H. The van der Waals surface area contributed by atoms with E-state index < -0.39 is 5.41 Å². The summed E-state index contributed by atoms with van der Waals surface area (Å²) in [5.41, 5.74) is 19.3. The van der Waals surface area contributed by atoms with Gasteiger partial charge in [-0.3, -0.25) is 0 Å². The lowest BCUT2D eigenvalue weighted by Crippen LogP contribution is -2.28. The van der Waals surface area contributed by atoms with Gasteiger partial charge in [0.05, 0.1) is 11.5 Å². The van der Waals surface area contributed by atoms with Gasteiger partial charge in [0.25, 0.3) is 0 Å². The quantitative estimate of drug-likeness (QED) is 0.151. The van der Waals surface area contributed by atoms with Crippen LogP contribution in [0.2, 0.25) is 0 Å². The van der Waals surface area contributed by atoms with E-state index in [9.17, 15) is 0 Å². The Bertz CT molecular complexity index is 3100. The molecule has 298 valence electrons. The predicted molar refractivity (Wildman–Crippen MR) is 263 cm³/mol. The van der Waals surface area contributed by atoms with Gasteiger partial charge in [0.1, 0.15) is 0 Å². The summed E-state index contributed by atoms with van der Waals surface area (Å²) < 4.78 is 0. The molecule has 9 aromatic carbocycles. The van der Waals surface area contributed by atoms with E-state index in [0.29, 0.717) is 5.92 Å². The molecule has 0 aromatic heterocycles. The van der Waals surface area contributed by atoms with E-state index in [1.807, 2.05) is 0 Å². The van der Waals surface area contributed by atoms with Gasteiger partial charge in [-0.15, -0.1) is 0 Å². The van der Waals surface area contributed by atoms with Gasteiger partial charge < -0.3 is 9.80 Å². The summed E-state index contributed by atoms with van der Waals surface area (Å²) in [4.78, 5) is 4.90. The fraction of sp³-hybridized carbons (Fsp3) is 0.0492. The molecule has 2 aliphatic carbocycles. The molecule has 2 nitrogen and oxygen atoms in total. The second kappa shape index (κ2) is 15.2. The van der Waals surface area contributed by atoms with Crippen LogP contribution in [-0.4, -0.2) is 6.04 Å². The number of nitrogens with zero attached hydrogens (tertiary/aromatic N) is 2. The summed E-state index contributed by atoms with van der Waals surface area (Å²) in [5, 5.41) is 0. The molecule has 1 heterocycles. The number of para-hydroxylation sites is 1. The van der Waals surface area contributed by atoms with E-state index >= 15 is 0 Å². The van der Waals surface area contributed by atoms with Gasteiger partial charge in [0.15, 0.2) is 0 Å². The Morgan fingerprint density at radius 3 is 1.43 bits per heavy atom. The average molecular weight is 805 g/mol. The zero-order valence-electron chi connectivity index (χ0n) is 34.8. The maximum atomic E-state index is 2.50. The molecule has 12 rings (SSSR count). The fourth-order valence-corrected chi connectivity index (χ4v) is 10.7. The van der Waals surface area contributed by atoms with Crippen molar-refractivity contribution in [1.82, 2.24) is 0 Å². The van der Waals surface area contributed by atoms with Crippen molar-refractivity contribution in [3.05, 3.63) is 283 Å². The molecule has 0 radical (unpaired) electrons. The van der Waals surface area contributed by atoms with E-state index in [4.69, 9.17) is 0 Å². The first kappa shape index (κ1) is 36.9. The van der Waals surface area contributed by atoms with Crippen molar-refractivity contribution in [2.75, 3.05) is 9.80 Å². The van der Waals surface area contributed by atoms with Crippen molar-refractivity contribution in [3.63, 3.8) is 0 Å². The number of fused-ring (bicyclic) bond motifs is 6. The van der Waals surface area contributed by atoms with Crippen molar-refractivity contribution in [3.8, 4) is 33.4 Å². The molecule has 0 spiro atoms. The molecule has 0 saturated carbocycles. The Labute approximate surface area is 370 Å². The molecule has 0 saturated heterocycles. The molecule has 63 heavy (non-hydrogen) atoms. The van der Waals surface area contributed by atoms with Gasteiger partial charge >= 0.3 is 0 Å². The Kier molecular flexibility index (Phi) is 8.90. The third kappa shape index (κ3) is 6.02. The summed E-state index contributed by atoms with van der Waals surface area (Å²) >= 11 is 0. The lowest BCUT2D eigenvalue weighted by atomic mass is 9.68. The molecule has 9 aromatic rings. The smallest absolute Gasteiger partial charge is 0.0713 e. The van der Waals surface area contributed by atoms with Gasteiger partial charge in [0.2, 0.25) is 0 Å². The highest BCUT2D eigenvalue weighted by atomic mass is 15.2. The van der Waals surface area contributed by atoms with Crippen LogP contribution in [0.15, 0.2) is 255 Å². The Balaban J connectivity index is 0.955. The zero-order chi connectivity index (χ0) is 41.7. The third-order valence-corrected chi connectivity index (χ3v) is 13.5. The lowest BCUT2D eigenvalue weighted by molar-refractivity contribution is 0.745. The number of benzene rings is 9. The van der Waals surface area contributed by atoms with Crippen LogP contribution in [0.5, 0.6) is 0 Å². The number of rotatable bonds is 8. The van der Waals surface area contributed by atoms with Crippen LogP contribution in [0, 0.1) is 0 Å². The topological polar surface area (TPSA) is 6.48 Å². The molecule has 3 aliphatic rings. The minimum atomic E-state index is -0.455. The van der Waals surface area contributed by atoms with Crippen LogP contribution < -0.4 is 9.80 Å². The predicted octanol–water partition coefficient (Wildman–Crippen LogP) is 15.6. The number of allylic oxidation sites excluding steroid dienone is 2. The molecule has 0 fully saturated rings. The first-order chi connectivity index (χ1) is 31.3. The van der Waals surface area contributed by atoms with Crippen molar-refractivity contribution in [1.29, 1.82) is 0 Å². The molecule has 2 heteroatoms. The summed E-state index contributed by atoms with van der Waals surface area (Å²) in [6.07, 6.45) is 9.05. The minimum absolute atomic E-state index is 0.249. The van der Waals surface area contributed by atoms with Crippen molar-refractivity contribution >= 4 is 28.4 Å². The van der Waals surface area contributed by atoms with Gasteiger partial charge in [-0.25, -0.2) is 0 Å². The van der Waals surface area contributed by atoms with Crippen LogP contribution >= 0.6 is 0 Å². The van der Waals surface area contributed by atoms with Crippen LogP contribution in [-0.2, 0) is 5.41 Å². The largest absolute Gasteiger partial charge is 0.333 e. The molecular formula is C61H44N2. The van der Waals surface area contributed by atoms with Crippen LogP contribution in [0.25, 0.3) is 33.4 Å². The van der Waals surface area contributed by atoms with E-state index in [-0.39, 0.29) is 6.04 Å². The Morgan fingerprint density at radius 1 is 0.365 bits per heavy atom. The summed E-state index contributed by atoms with van der Waals surface area (Å²) in [6, 6.07) is 85.0. The van der Waals surface area contributed by atoms with Crippen LogP contribution in [0.3, 0.4) is 0 Å². The number of anilines is 5. The minimum Gasteiger partial charge on any atom is -0.333 e. The normalized spacial score (nSPS) is 16.2. The lowest BCUT2D eigenvalue weighted by Gasteiger charge is -2.34. The summed E-state index contributed by atoms with van der Waals surface area (Å²) in [5.74, 6) is 0.340. The monoisotopic (exact) mass is 804 g/mol. The van der Waals surface area contributed by atoms with Crippen molar-refractivity contribution in [2.45, 2.75) is 17.4 Å². The molecule has 1 aliphatic heterocycles. The second-order valence-electron chi connectivity index (χ2n) is 16.8.